The van der Waals surface area contributed by atoms with Gasteiger partial charge >= 0.3 is 0 Å². The van der Waals surface area contributed by atoms with Crippen LogP contribution in [0, 0.1) is 5.92 Å². The molecule has 0 saturated carbocycles. The van der Waals surface area contributed by atoms with E-state index in [2.05, 4.69) is 33.7 Å². The van der Waals surface area contributed by atoms with Gasteiger partial charge in [-0.25, -0.2) is 4.68 Å². The van der Waals surface area contributed by atoms with Crippen molar-refractivity contribution < 1.29 is 0 Å². The summed E-state index contributed by atoms with van der Waals surface area (Å²) in [6.07, 6.45) is 8.22. The minimum Gasteiger partial charge on any atom is -0.310 e. The maximum absolute atomic E-state index is 4.36. The van der Waals surface area contributed by atoms with Gasteiger partial charge in [-0.3, -0.25) is 5.10 Å². The zero-order chi connectivity index (χ0) is 11.7. The molecule has 5 nitrogen and oxygen atoms in total. The molecule has 0 amide bonds. The third-order valence-corrected chi connectivity index (χ3v) is 3.40. The molecule has 0 unspecified atom stereocenters. The van der Waals surface area contributed by atoms with Gasteiger partial charge in [0.25, 0.3) is 0 Å². The van der Waals surface area contributed by atoms with E-state index in [1.165, 1.54) is 18.4 Å². The second-order valence-corrected chi connectivity index (χ2v) is 4.80. The number of hydrogen-bond acceptors (Lipinski definition) is 3. The highest BCUT2D eigenvalue weighted by Gasteiger charge is 2.20. The normalized spacial score (nSPS) is 25.0. The minimum atomic E-state index is 0.447. The topological polar surface area (TPSA) is 58.5 Å². The number of nitrogens with one attached hydrogen (secondary N) is 2. The van der Waals surface area contributed by atoms with Crippen LogP contribution in [0.2, 0.25) is 0 Å². The number of H-pyrrole nitrogens is 1. The van der Waals surface area contributed by atoms with Crippen LogP contribution in [0.4, 0.5) is 0 Å². The van der Waals surface area contributed by atoms with Crippen LogP contribution in [-0.4, -0.2) is 26.5 Å². The molecule has 2 N–H and O–H groups in total. The van der Waals surface area contributed by atoms with Gasteiger partial charge in [-0.05, 0) is 25.3 Å². The fourth-order valence-electron chi connectivity index (χ4n) is 2.31. The Balaban J connectivity index is 1.76. The molecule has 3 heterocycles. The second kappa shape index (κ2) is 4.33. The standard InChI is InChI=1S/C12H17N5/c1-9-2-3-11(13-6-9)10-7-15-17(8-10)12-4-5-14-16-12/h4-5,7-9,11,13H,2-3,6H2,1H3,(H,14,16)/t9-,11+/m0/s1. The highest BCUT2D eigenvalue weighted by Crippen LogP contribution is 2.25. The first-order chi connectivity index (χ1) is 8.33. The van der Waals surface area contributed by atoms with Crippen LogP contribution in [0.3, 0.4) is 0 Å². The Hall–Kier alpha value is -1.62. The maximum atomic E-state index is 4.36. The van der Waals surface area contributed by atoms with Gasteiger partial charge in [0.15, 0.2) is 0 Å². The summed E-state index contributed by atoms with van der Waals surface area (Å²) in [7, 11) is 0. The van der Waals surface area contributed by atoms with Crippen molar-refractivity contribution in [2.24, 2.45) is 5.92 Å². The van der Waals surface area contributed by atoms with Crippen molar-refractivity contribution in [3.05, 3.63) is 30.2 Å². The molecule has 1 aliphatic rings. The Labute approximate surface area is 100 Å². The van der Waals surface area contributed by atoms with E-state index in [0.717, 1.165) is 18.3 Å². The van der Waals surface area contributed by atoms with Crippen LogP contribution in [0.5, 0.6) is 0 Å². The summed E-state index contributed by atoms with van der Waals surface area (Å²) in [5.74, 6) is 1.69. The minimum absolute atomic E-state index is 0.447. The summed E-state index contributed by atoms with van der Waals surface area (Å²) < 4.78 is 1.84. The number of piperidine rings is 1. The zero-order valence-corrected chi connectivity index (χ0v) is 9.93. The molecule has 1 fully saturated rings. The third kappa shape index (κ3) is 2.10. The molecular weight excluding hydrogens is 214 g/mol. The molecule has 0 bridgehead atoms. The molecule has 2 aromatic rings. The average molecular weight is 231 g/mol. The molecule has 1 saturated heterocycles. The number of rotatable bonds is 2. The van der Waals surface area contributed by atoms with E-state index in [1.54, 1.807) is 6.20 Å². The van der Waals surface area contributed by atoms with Crippen LogP contribution in [0.25, 0.3) is 5.82 Å². The molecule has 3 rings (SSSR count). The van der Waals surface area contributed by atoms with Gasteiger partial charge in [-0.1, -0.05) is 6.92 Å². The zero-order valence-electron chi connectivity index (χ0n) is 9.93. The molecule has 0 spiro atoms. The van der Waals surface area contributed by atoms with Gasteiger partial charge in [-0.2, -0.15) is 10.2 Å². The molecular formula is C12H17N5. The quantitative estimate of drug-likeness (QED) is 0.826. The lowest BCUT2D eigenvalue weighted by atomic mass is 9.94. The smallest absolute Gasteiger partial charge is 0.149 e. The SMILES string of the molecule is C[C@H]1CC[C@H](c2cnn(-c3ccn[nH]3)c2)NC1. The Kier molecular flexibility index (Phi) is 2.68. The van der Waals surface area contributed by atoms with Crippen LogP contribution in [-0.2, 0) is 0 Å². The van der Waals surface area contributed by atoms with E-state index in [0.29, 0.717) is 6.04 Å². The third-order valence-electron chi connectivity index (χ3n) is 3.40. The van der Waals surface area contributed by atoms with Crippen molar-refractivity contribution in [1.82, 2.24) is 25.3 Å². The van der Waals surface area contributed by atoms with Crippen LogP contribution >= 0.6 is 0 Å². The first-order valence-electron chi connectivity index (χ1n) is 6.10. The first-order valence-corrected chi connectivity index (χ1v) is 6.10. The molecule has 17 heavy (non-hydrogen) atoms. The first kappa shape index (κ1) is 10.5. The Bertz CT molecular complexity index is 465. The number of nitrogens with zero attached hydrogens (tertiary/aromatic N) is 3. The molecule has 0 aromatic carbocycles. The number of hydrogen-bond donors (Lipinski definition) is 2. The highest BCUT2D eigenvalue weighted by atomic mass is 15.3. The van der Waals surface area contributed by atoms with Crippen molar-refractivity contribution >= 4 is 0 Å². The van der Waals surface area contributed by atoms with Gasteiger partial charge in [0.2, 0.25) is 0 Å². The van der Waals surface area contributed by atoms with Gasteiger partial charge in [0.1, 0.15) is 5.82 Å². The average Bonchev–Trinajstić information content (AvgIpc) is 3.00. The van der Waals surface area contributed by atoms with Gasteiger partial charge in [0, 0.05) is 23.9 Å². The van der Waals surface area contributed by atoms with Crippen molar-refractivity contribution in [3.63, 3.8) is 0 Å². The molecule has 0 radical (unpaired) electrons. The lowest BCUT2D eigenvalue weighted by Crippen LogP contribution is -2.31. The Morgan fingerprint density at radius 3 is 3.06 bits per heavy atom. The van der Waals surface area contributed by atoms with E-state index in [1.807, 2.05) is 16.9 Å². The Morgan fingerprint density at radius 2 is 2.35 bits per heavy atom. The summed E-state index contributed by atoms with van der Waals surface area (Å²) in [5, 5.41) is 14.8. The summed E-state index contributed by atoms with van der Waals surface area (Å²) in [5.41, 5.74) is 1.26. The van der Waals surface area contributed by atoms with E-state index in [9.17, 15) is 0 Å². The fraction of sp³-hybridized carbons (Fsp3) is 0.500. The van der Waals surface area contributed by atoms with Gasteiger partial charge in [-0.15, -0.1) is 0 Å². The highest BCUT2D eigenvalue weighted by molar-refractivity contribution is 5.22. The van der Waals surface area contributed by atoms with E-state index < -0.39 is 0 Å². The maximum Gasteiger partial charge on any atom is 0.149 e. The molecule has 1 aliphatic heterocycles. The van der Waals surface area contributed by atoms with Crippen molar-refractivity contribution in [2.75, 3.05) is 6.54 Å². The van der Waals surface area contributed by atoms with Gasteiger partial charge in [0.05, 0.1) is 12.4 Å². The van der Waals surface area contributed by atoms with Crippen LogP contribution in [0.1, 0.15) is 31.4 Å². The summed E-state index contributed by atoms with van der Waals surface area (Å²) in [6.45, 7) is 3.39. The predicted octanol–water partition coefficient (Wildman–Crippen LogP) is 1.66. The molecule has 2 aromatic heterocycles. The summed E-state index contributed by atoms with van der Waals surface area (Å²) in [6, 6.07) is 2.36. The molecule has 2 atom stereocenters. The second-order valence-electron chi connectivity index (χ2n) is 4.80. The molecule has 0 aliphatic carbocycles. The monoisotopic (exact) mass is 231 g/mol. The van der Waals surface area contributed by atoms with E-state index in [-0.39, 0.29) is 0 Å². The van der Waals surface area contributed by atoms with Gasteiger partial charge < -0.3 is 5.32 Å². The van der Waals surface area contributed by atoms with Crippen LogP contribution in [0.15, 0.2) is 24.7 Å². The van der Waals surface area contributed by atoms with Crippen molar-refractivity contribution in [3.8, 4) is 5.82 Å². The van der Waals surface area contributed by atoms with Crippen molar-refractivity contribution in [2.45, 2.75) is 25.8 Å². The van der Waals surface area contributed by atoms with Crippen molar-refractivity contribution in [1.29, 1.82) is 0 Å². The fourth-order valence-corrected chi connectivity index (χ4v) is 2.31. The summed E-state index contributed by atoms with van der Waals surface area (Å²) in [4.78, 5) is 0. The molecule has 5 heteroatoms. The van der Waals surface area contributed by atoms with E-state index in [4.69, 9.17) is 0 Å². The lowest BCUT2D eigenvalue weighted by molar-refractivity contribution is 0.333. The molecule has 90 valence electrons. The summed E-state index contributed by atoms with van der Waals surface area (Å²) >= 11 is 0. The number of aromatic nitrogens is 4. The largest absolute Gasteiger partial charge is 0.310 e. The number of aromatic amines is 1. The van der Waals surface area contributed by atoms with Crippen LogP contribution < -0.4 is 5.32 Å². The predicted molar refractivity (Wildman–Crippen MR) is 64.9 cm³/mol. The van der Waals surface area contributed by atoms with E-state index >= 15 is 0 Å². The Morgan fingerprint density at radius 1 is 1.41 bits per heavy atom. The lowest BCUT2D eigenvalue weighted by Gasteiger charge is -2.26.